The summed E-state index contributed by atoms with van der Waals surface area (Å²) in [6.07, 6.45) is 4.00. The number of unbranched alkanes of at least 4 members (excludes halogenated alkanes) is 1. The van der Waals surface area contributed by atoms with Crippen molar-refractivity contribution in [2.45, 2.75) is 26.7 Å². The first-order valence-electron chi connectivity index (χ1n) is 5.88. The Morgan fingerprint density at radius 3 is 2.59 bits per heavy atom. The van der Waals surface area contributed by atoms with Crippen LogP contribution in [0.2, 0.25) is 0 Å². The normalized spacial score (nSPS) is 11.3. The molecule has 0 heterocycles. The quantitative estimate of drug-likeness (QED) is 0.457. The van der Waals surface area contributed by atoms with E-state index in [9.17, 15) is 4.79 Å². The van der Waals surface area contributed by atoms with Crippen LogP contribution >= 0.6 is 0 Å². The molecule has 0 saturated carbocycles. The first-order valence-corrected chi connectivity index (χ1v) is 7.59. The van der Waals surface area contributed by atoms with Crippen LogP contribution in [0.4, 0.5) is 0 Å². The van der Waals surface area contributed by atoms with Gasteiger partial charge in [-0.3, -0.25) is 0 Å². The number of carbonyl (C=O) groups excluding carboxylic acids is 1. The van der Waals surface area contributed by atoms with Gasteiger partial charge in [0.1, 0.15) is 0 Å². The molecule has 92 valence electrons. The van der Waals surface area contributed by atoms with Gasteiger partial charge >= 0.3 is 109 Å². The molecule has 0 bridgehead atoms. The van der Waals surface area contributed by atoms with Crippen LogP contribution in [0.25, 0.3) is 0 Å². The van der Waals surface area contributed by atoms with E-state index in [4.69, 9.17) is 4.74 Å². The average Bonchev–Trinajstić information content (AvgIpc) is 2.36. The summed E-state index contributed by atoms with van der Waals surface area (Å²) in [6, 6.07) is 10.1. The number of carbonyl (C=O) groups is 1. The Morgan fingerprint density at radius 1 is 1.29 bits per heavy atom. The average molecular weight is 297 g/mol. The van der Waals surface area contributed by atoms with E-state index in [2.05, 4.69) is 19.1 Å². The van der Waals surface area contributed by atoms with Gasteiger partial charge in [-0.05, 0) is 0 Å². The van der Waals surface area contributed by atoms with Crippen molar-refractivity contribution in [3.63, 3.8) is 0 Å². The Morgan fingerprint density at radius 2 is 2.00 bits per heavy atom. The van der Waals surface area contributed by atoms with Gasteiger partial charge in [-0.15, -0.1) is 0 Å². The van der Waals surface area contributed by atoms with Gasteiger partial charge in [0.15, 0.2) is 0 Å². The Kier molecular flexibility index (Phi) is 6.68. The fourth-order valence-corrected chi connectivity index (χ4v) is 3.13. The zero-order valence-electron chi connectivity index (χ0n) is 10.3. The van der Waals surface area contributed by atoms with E-state index in [1.165, 1.54) is 4.46 Å². The summed E-state index contributed by atoms with van der Waals surface area (Å²) in [5.74, 6) is -0.162. The van der Waals surface area contributed by atoms with Crippen LogP contribution in [-0.2, 0) is 9.53 Å². The van der Waals surface area contributed by atoms with Crippen molar-refractivity contribution in [1.29, 1.82) is 0 Å². The first kappa shape index (κ1) is 14.0. The molecule has 0 spiro atoms. The number of rotatable bonds is 6. The molecule has 0 aliphatic rings. The number of benzene rings is 1. The molecular weight excluding hydrogens is 279 g/mol. The summed E-state index contributed by atoms with van der Waals surface area (Å²) < 4.78 is 7.11. The Hall–Kier alpha value is -1.05. The maximum atomic E-state index is 11.8. The van der Waals surface area contributed by atoms with Crippen LogP contribution in [0.15, 0.2) is 40.9 Å². The van der Waals surface area contributed by atoms with E-state index < -0.39 is 0 Å². The van der Waals surface area contributed by atoms with Crippen molar-refractivity contribution in [1.82, 2.24) is 0 Å². The molecule has 0 atom stereocenters. The van der Waals surface area contributed by atoms with E-state index in [1.54, 1.807) is 0 Å². The second-order valence-corrected chi connectivity index (χ2v) is 5.83. The summed E-state index contributed by atoms with van der Waals surface area (Å²) in [7, 11) is 0. The molecule has 1 aromatic rings. The number of ether oxygens (including phenoxy) is 1. The Labute approximate surface area is 109 Å². The predicted octanol–water partition coefficient (Wildman–Crippen LogP) is 2.26. The Balaban J connectivity index is 2.74. The fourth-order valence-electron chi connectivity index (χ4n) is 1.26. The summed E-state index contributed by atoms with van der Waals surface area (Å²) in [5, 5.41) is 0. The van der Waals surface area contributed by atoms with Crippen molar-refractivity contribution in [3.05, 3.63) is 40.9 Å². The van der Waals surface area contributed by atoms with Crippen molar-refractivity contribution < 1.29 is 9.53 Å². The molecule has 2 nitrogen and oxygen atoms in total. The van der Waals surface area contributed by atoms with E-state index >= 15 is 0 Å². The first-order chi connectivity index (χ1) is 8.27. The zero-order valence-corrected chi connectivity index (χ0v) is 12.0. The van der Waals surface area contributed by atoms with Gasteiger partial charge < -0.3 is 0 Å². The molecule has 0 aliphatic carbocycles. The van der Waals surface area contributed by atoms with Gasteiger partial charge in [0.2, 0.25) is 0 Å². The molecule has 0 radical (unpaired) electrons. The molecule has 17 heavy (non-hydrogen) atoms. The predicted molar refractivity (Wildman–Crippen MR) is 71.5 cm³/mol. The van der Waals surface area contributed by atoms with Crippen molar-refractivity contribution in [3.8, 4) is 0 Å². The standard InChI is InChI=1S/C14H18O2Se/c1-3-5-11-13(14(15)16-4-2)17-12-9-7-6-8-10-12/h6-11H,3-5H2,1-2H3/b13-11-. The monoisotopic (exact) mass is 298 g/mol. The van der Waals surface area contributed by atoms with Gasteiger partial charge in [0.25, 0.3) is 0 Å². The third kappa shape index (κ3) is 5.20. The van der Waals surface area contributed by atoms with Crippen LogP contribution in [0.5, 0.6) is 0 Å². The molecule has 0 aliphatic heterocycles. The van der Waals surface area contributed by atoms with Crippen LogP contribution in [0.3, 0.4) is 0 Å². The second-order valence-electron chi connectivity index (χ2n) is 3.49. The number of hydrogen-bond donors (Lipinski definition) is 0. The summed E-state index contributed by atoms with van der Waals surface area (Å²) in [6.45, 7) is 4.38. The Bertz CT molecular complexity index is 371. The molecule has 0 saturated heterocycles. The topological polar surface area (TPSA) is 26.3 Å². The van der Waals surface area contributed by atoms with Crippen molar-refractivity contribution in [2.24, 2.45) is 0 Å². The molecule has 1 rings (SSSR count). The summed E-state index contributed by atoms with van der Waals surface area (Å²) in [4.78, 5) is 11.8. The van der Waals surface area contributed by atoms with E-state index in [0.717, 1.165) is 17.3 Å². The number of allylic oxidation sites excluding steroid dienone is 1. The zero-order chi connectivity index (χ0) is 12.5. The van der Waals surface area contributed by atoms with Gasteiger partial charge in [-0.25, -0.2) is 0 Å². The molecule has 0 N–H and O–H groups in total. The van der Waals surface area contributed by atoms with Crippen LogP contribution in [-0.4, -0.2) is 27.5 Å². The molecule has 0 fully saturated rings. The minimum atomic E-state index is -0.162. The van der Waals surface area contributed by atoms with Gasteiger partial charge in [-0.2, -0.15) is 0 Å². The van der Waals surface area contributed by atoms with Gasteiger partial charge in [0.05, 0.1) is 0 Å². The molecule has 0 amide bonds. The molecule has 0 aromatic heterocycles. The van der Waals surface area contributed by atoms with Gasteiger partial charge in [-0.1, -0.05) is 0 Å². The maximum absolute atomic E-state index is 11.8. The summed E-state index contributed by atoms with van der Waals surface area (Å²) in [5.41, 5.74) is 0. The summed E-state index contributed by atoms with van der Waals surface area (Å²) >= 11 is 0.0443. The number of hydrogen-bond acceptors (Lipinski definition) is 2. The molecule has 1 aromatic carbocycles. The fraction of sp³-hybridized carbons (Fsp3) is 0.357. The van der Waals surface area contributed by atoms with Crippen LogP contribution in [0, 0.1) is 0 Å². The SMILES string of the molecule is CCC/C=C(\[Se]c1ccccc1)C(=O)OCC. The third-order valence-electron chi connectivity index (χ3n) is 2.07. The van der Waals surface area contributed by atoms with Crippen LogP contribution in [0.1, 0.15) is 26.7 Å². The second kappa shape index (κ2) is 8.10. The van der Waals surface area contributed by atoms with E-state index in [-0.39, 0.29) is 20.9 Å². The van der Waals surface area contributed by atoms with Crippen molar-refractivity contribution >= 4 is 25.4 Å². The number of esters is 1. The van der Waals surface area contributed by atoms with E-state index in [0.29, 0.717) is 6.61 Å². The van der Waals surface area contributed by atoms with Gasteiger partial charge in [0, 0.05) is 0 Å². The minimum absolute atomic E-state index is 0.0443. The molecule has 3 heteroatoms. The van der Waals surface area contributed by atoms with Crippen molar-refractivity contribution in [2.75, 3.05) is 6.61 Å². The van der Waals surface area contributed by atoms with E-state index in [1.807, 2.05) is 31.2 Å². The third-order valence-corrected chi connectivity index (χ3v) is 4.29. The molecular formula is C14H18O2Se. The van der Waals surface area contributed by atoms with Crippen LogP contribution < -0.4 is 4.46 Å². The molecule has 0 unspecified atom stereocenters.